The maximum atomic E-state index is 12.8. The van der Waals surface area contributed by atoms with Crippen LogP contribution in [0.3, 0.4) is 0 Å². The molecule has 9 heteroatoms. The van der Waals surface area contributed by atoms with Gasteiger partial charge in [0, 0.05) is 44.6 Å². The number of ether oxygens (including phenoxy) is 1. The standard InChI is InChI=1S/C18H26N6O3/c1-27-11-10-23-18(26)24(15-5-6-15)17(20-23)14-4-2-8-21(12-14)16(25)13-22-9-3-7-19-22/h3,7,9,14-15H,2,4-6,8,10-13H2,1H3. The highest BCUT2D eigenvalue weighted by Gasteiger charge is 2.35. The molecule has 3 heterocycles. The molecule has 0 bridgehead atoms. The molecule has 4 rings (SSSR count). The van der Waals surface area contributed by atoms with Gasteiger partial charge in [0.25, 0.3) is 0 Å². The van der Waals surface area contributed by atoms with Crippen molar-refractivity contribution in [3.8, 4) is 0 Å². The number of carbonyl (C=O) groups is 1. The molecule has 2 aromatic heterocycles. The lowest BCUT2D eigenvalue weighted by molar-refractivity contribution is -0.133. The number of amides is 1. The Kier molecular flexibility index (Phi) is 5.11. The second-order valence-electron chi connectivity index (χ2n) is 7.34. The summed E-state index contributed by atoms with van der Waals surface area (Å²) in [5.41, 5.74) is -0.0514. The van der Waals surface area contributed by atoms with E-state index < -0.39 is 0 Å². The number of hydrogen-bond acceptors (Lipinski definition) is 5. The number of methoxy groups -OCH3 is 1. The van der Waals surface area contributed by atoms with Gasteiger partial charge in [-0.1, -0.05) is 0 Å². The molecule has 1 unspecified atom stereocenters. The summed E-state index contributed by atoms with van der Waals surface area (Å²) in [6, 6.07) is 2.08. The van der Waals surface area contributed by atoms with E-state index in [-0.39, 0.29) is 30.1 Å². The van der Waals surface area contributed by atoms with Crippen molar-refractivity contribution in [2.45, 2.75) is 50.7 Å². The Morgan fingerprint density at radius 2 is 2.19 bits per heavy atom. The van der Waals surface area contributed by atoms with Crippen LogP contribution in [-0.2, 0) is 22.6 Å². The van der Waals surface area contributed by atoms with E-state index in [2.05, 4.69) is 10.2 Å². The maximum Gasteiger partial charge on any atom is 0.346 e. The molecule has 0 spiro atoms. The third-order valence-electron chi connectivity index (χ3n) is 5.31. The highest BCUT2D eigenvalue weighted by Crippen LogP contribution is 2.37. The van der Waals surface area contributed by atoms with Gasteiger partial charge in [-0.3, -0.25) is 14.0 Å². The van der Waals surface area contributed by atoms with Gasteiger partial charge in [0.2, 0.25) is 5.91 Å². The molecule has 27 heavy (non-hydrogen) atoms. The topological polar surface area (TPSA) is 87.2 Å². The number of carbonyl (C=O) groups excluding carboxylic acids is 1. The molecule has 1 atom stereocenters. The smallest absolute Gasteiger partial charge is 0.346 e. The van der Waals surface area contributed by atoms with Crippen molar-refractivity contribution in [3.63, 3.8) is 0 Å². The highest BCUT2D eigenvalue weighted by molar-refractivity contribution is 5.76. The van der Waals surface area contributed by atoms with Crippen molar-refractivity contribution in [2.24, 2.45) is 0 Å². The molecule has 1 aliphatic heterocycles. The van der Waals surface area contributed by atoms with Crippen LogP contribution >= 0.6 is 0 Å². The van der Waals surface area contributed by atoms with Crippen LogP contribution in [0.2, 0.25) is 0 Å². The van der Waals surface area contributed by atoms with E-state index in [0.717, 1.165) is 38.1 Å². The summed E-state index contributed by atoms with van der Waals surface area (Å²) in [7, 11) is 1.62. The van der Waals surface area contributed by atoms with E-state index >= 15 is 0 Å². The Balaban J connectivity index is 1.52. The fourth-order valence-electron chi connectivity index (χ4n) is 3.76. The average molecular weight is 374 g/mol. The summed E-state index contributed by atoms with van der Waals surface area (Å²) in [5, 5.41) is 8.75. The van der Waals surface area contributed by atoms with E-state index in [0.29, 0.717) is 19.7 Å². The number of hydrogen-bond donors (Lipinski definition) is 0. The van der Waals surface area contributed by atoms with Crippen LogP contribution in [-0.4, -0.2) is 61.7 Å². The molecular formula is C18H26N6O3. The van der Waals surface area contributed by atoms with E-state index in [1.165, 1.54) is 4.68 Å². The zero-order chi connectivity index (χ0) is 18.8. The summed E-state index contributed by atoms with van der Waals surface area (Å²) < 4.78 is 10.1. The van der Waals surface area contributed by atoms with Gasteiger partial charge in [0.05, 0.1) is 13.2 Å². The van der Waals surface area contributed by atoms with Crippen LogP contribution in [0.5, 0.6) is 0 Å². The minimum absolute atomic E-state index is 0.0514. The van der Waals surface area contributed by atoms with Crippen LogP contribution in [0.25, 0.3) is 0 Å². The second-order valence-corrected chi connectivity index (χ2v) is 7.34. The molecule has 0 N–H and O–H groups in total. The normalized spacial score (nSPS) is 20.2. The Morgan fingerprint density at radius 1 is 1.33 bits per heavy atom. The van der Waals surface area contributed by atoms with Gasteiger partial charge in [-0.25, -0.2) is 9.48 Å². The predicted molar refractivity (Wildman–Crippen MR) is 97.4 cm³/mol. The summed E-state index contributed by atoms with van der Waals surface area (Å²) in [6.07, 6.45) is 7.38. The first kappa shape index (κ1) is 18.0. The minimum Gasteiger partial charge on any atom is -0.383 e. The van der Waals surface area contributed by atoms with Gasteiger partial charge in [-0.15, -0.1) is 0 Å². The first-order valence-electron chi connectivity index (χ1n) is 9.60. The van der Waals surface area contributed by atoms with Crippen LogP contribution in [0, 0.1) is 0 Å². The van der Waals surface area contributed by atoms with Crippen molar-refractivity contribution in [2.75, 3.05) is 26.8 Å². The van der Waals surface area contributed by atoms with Gasteiger partial charge < -0.3 is 9.64 Å². The van der Waals surface area contributed by atoms with Crippen molar-refractivity contribution >= 4 is 5.91 Å². The molecule has 0 radical (unpaired) electrons. The molecule has 2 fully saturated rings. The summed E-state index contributed by atoms with van der Waals surface area (Å²) in [4.78, 5) is 27.3. The Bertz CT molecular complexity index is 836. The van der Waals surface area contributed by atoms with Crippen LogP contribution in [0.15, 0.2) is 23.3 Å². The van der Waals surface area contributed by atoms with Crippen molar-refractivity contribution in [1.29, 1.82) is 0 Å². The van der Waals surface area contributed by atoms with Gasteiger partial charge in [-0.2, -0.15) is 10.2 Å². The first-order chi connectivity index (χ1) is 13.2. The Labute approximate surface area is 157 Å². The van der Waals surface area contributed by atoms with E-state index in [4.69, 9.17) is 4.74 Å². The number of piperidine rings is 1. The van der Waals surface area contributed by atoms with Crippen molar-refractivity contribution in [3.05, 3.63) is 34.8 Å². The molecule has 1 aliphatic carbocycles. The molecule has 2 aliphatic rings. The van der Waals surface area contributed by atoms with Crippen LogP contribution in [0.1, 0.15) is 43.5 Å². The quantitative estimate of drug-likeness (QED) is 0.709. The molecule has 0 aromatic carbocycles. The molecule has 146 valence electrons. The maximum absolute atomic E-state index is 12.8. The number of aromatic nitrogens is 5. The van der Waals surface area contributed by atoms with Gasteiger partial charge >= 0.3 is 5.69 Å². The monoisotopic (exact) mass is 374 g/mol. The second kappa shape index (κ2) is 7.67. The summed E-state index contributed by atoms with van der Waals surface area (Å²) in [6.45, 7) is 2.51. The van der Waals surface area contributed by atoms with E-state index in [9.17, 15) is 9.59 Å². The highest BCUT2D eigenvalue weighted by atomic mass is 16.5. The Hall–Kier alpha value is -2.42. The van der Waals surface area contributed by atoms with Crippen molar-refractivity contribution in [1.82, 2.24) is 29.0 Å². The summed E-state index contributed by atoms with van der Waals surface area (Å²) in [5.74, 6) is 0.982. The van der Waals surface area contributed by atoms with E-state index in [1.807, 2.05) is 15.5 Å². The van der Waals surface area contributed by atoms with Gasteiger partial charge in [0.1, 0.15) is 12.4 Å². The molecular weight excluding hydrogens is 348 g/mol. The van der Waals surface area contributed by atoms with Crippen LogP contribution in [0.4, 0.5) is 0 Å². The number of rotatable bonds is 7. The third-order valence-corrected chi connectivity index (χ3v) is 5.31. The Morgan fingerprint density at radius 3 is 2.89 bits per heavy atom. The zero-order valence-electron chi connectivity index (χ0n) is 15.7. The lowest BCUT2D eigenvalue weighted by Crippen LogP contribution is -2.41. The fraction of sp³-hybridized carbons (Fsp3) is 0.667. The molecule has 9 nitrogen and oxygen atoms in total. The van der Waals surface area contributed by atoms with Gasteiger partial charge in [0.15, 0.2) is 0 Å². The molecule has 1 amide bonds. The fourth-order valence-corrected chi connectivity index (χ4v) is 3.76. The predicted octanol–water partition coefficient (Wildman–Crippen LogP) is 0.629. The minimum atomic E-state index is -0.0514. The lowest BCUT2D eigenvalue weighted by atomic mass is 9.97. The third kappa shape index (κ3) is 3.83. The molecule has 1 saturated heterocycles. The SMILES string of the molecule is COCCn1nc(C2CCCN(C(=O)Cn3cccn3)C2)n(C2CC2)c1=O. The number of nitrogens with zero attached hydrogens (tertiary/aromatic N) is 6. The number of likely N-dealkylation sites (tertiary alicyclic amines) is 1. The van der Waals surface area contributed by atoms with Crippen LogP contribution < -0.4 is 5.69 Å². The average Bonchev–Trinajstić information content (AvgIpc) is 3.28. The first-order valence-corrected chi connectivity index (χ1v) is 9.60. The molecule has 1 saturated carbocycles. The largest absolute Gasteiger partial charge is 0.383 e. The zero-order valence-corrected chi connectivity index (χ0v) is 15.7. The lowest BCUT2D eigenvalue weighted by Gasteiger charge is -2.32. The van der Waals surface area contributed by atoms with Crippen molar-refractivity contribution < 1.29 is 9.53 Å². The summed E-state index contributed by atoms with van der Waals surface area (Å²) >= 11 is 0. The van der Waals surface area contributed by atoms with Gasteiger partial charge in [-0.05, 0) is 31.7 Å². The van der Waals surface area contributed by atoms with E-state index in [1.54, 1.807) is 24.2 Å². The molecule has 2 aromatic rings.